The van der Waals surface area contributed by atoms with E-state index in [0.717, 1.165) is 11.3 Å². The third-order valence-electron chi connectivity index (χ3n) is 4.01. The summed E-state index contributed by atoms with van der Waals surface area (Å²) >= 11 is 3.50. The van der Waals surface area contributed by atoms with Crippen LogP contribution < -0.4 is 14.5 Å². The monoisotopic (exact) mass is 438 g/mol. The van der Waals surface area contributed by atoms with Crippen LogP contribution in [0, 0.1) is 12.3 Å². The fourth-order valence-corrected chi connectivity index (χ4v) is 3.36. The molecule has 0 spiro atoms. The van der Waals surface area contributed by atoms with Crippen molar-refractivity contribution in [3.05, 3.63) is 58.1 Å². The predicted molar refractivity (Wildman–Crippen MR) is 115 cm³/mol. The summed E-state index contributed by atoms with van der Waals surface area (Å²) in [5.74, 6) is 3.36. The molecule has 1 aliphatic heterocycles. The molecule has 1 aliphatic rings. The molecule has 0 N–H and O–H groups in total. The highest BCUT2D eigenvalue weighted by molar-refractivity contribution is 9.10. The topological polar surface area (TPSA) is 51.1 Å². The van der Waals surface area contributed by atoms with Gasteiger partial charge in [-0.15, -0.1) is 6.42 Å². The van der Waals surface area contributed by atoms with E-state index in [1.54, 1.807) is 6.08 Å². The van der Waals surface area contributed by atoms with E-state index in [4.69, 9.17) is 15.9 Å². The van der Waals surface area contributed by atoms with Crippen LogP contribution in [0.1, 0.15) is 19.4 Å². The average Bonchev–Trinajstić information content (AvgIpc) is 2.96. The first-order valence-corrected chi connectivity index (χ1v) is 9.53. The van der Waals surface area contributed by atoms with Crippen molar-refractivity contribution in [2.45, 2.75) is 13.8 Å². The molecular weight excluding hydrogens is 420 g/mol. The Hall–Kier alpha value is -3.04. The van der Waals surface area contributed by atoms with Gasteiger partial charge in [0.05, 0.1) is 28.1 Å². The van der Waals surface area contributed by atoms with E-state index < -0.39 is 0 Å². The van der Waals surface area contributed by atoms with Gasteiger partial charge in [-0.05, 0) is 65.7 Å². The van der Waals surface area contributed by atoms with Gasteiger partial charge in [0.1, 0.15) is 6.61 Å². The Bertz CT molecular complexity index is 991. The highest BCUT2D eigenvalue weighted by Crippen LogP contribution is 2.38. The zero-order chi connectivity index (χ0) is 20.1. The minimum atomic E-state index is -0.176. The number of carbonyl (C=O) groups is 1. The lowest BCUT2D eigenvalue weighted by Crippen LogP contribution is -2.21. The molecule has 1 heterocycles. The average molecular weight is 439 g/mol. The number of ether oxygens (including phenoxy) is 2. The second-order valence-corrected chi connectivity index (χ2v) is 6.81. The molecule has 6 heteroatoms. The van der Waals surface area contributed by atoms with Crippen molar-refractivity contribution in [3.8, 4) is 23.8 Å². The Morgan fingerprint density at radius 1 is 1.25 bits per heavy atom. The summed E-state index contributed by atoms with van der Waals surface area (Å²) in [5, 5.41) is 5.81. The SMILES string of the molecule is C#CCOc1c(Br)cc(/C=C2/C(=O)N(c3ccccc3)N=C2C)cc1OCC. The van der Waals surface area contributed by atoms with Crippen molar-refractivity contribution in [1.82, 2.24) is 0 Å². The van der Waals surface area contributed by atoms with Crippen LogP contribution >= 0.6 is 15.9 Å². The lowest BCUT2D eigenvalue weighted by atomic mass is 10.1. The second kappa shape index (κ2) is 8.77. The Morgan fingerprint density at radius 3 is 2.68 bits per heavy atom. The number of halogens is 1. The summed E-state index contributed by atoms with van der Waals surface area (Å²) < 4.78 is 12.0. The zero-order valence-corrected chi connectivity index (χ0v) is 17.2. The standard InChI is InChI=1S/C22H19BrN2O3/c1-4-11-28-21-19(23)13-16(14-20(21)27-5-2)12-18-15(3)24-25(22(18)26)17-9-7-6-8-10-17/h1,6-10,12-14H,5,11H2,2-3H3/b18-12+. The minimum Gasteiger partial charge on any atom is -0.490 e. The molecule has 0 bridgehead atoms. The number of hydrogen-bond donors (Lipinski definition) is 0. The maximum Gasteiger partial charge on any atom is 0.280 e. The van der Waals surface area contributed by atoms with Crippen LogP contribution in [-0.4, -0.2) is 24.8 Å². The maximum atomic E-state index is 12.9. The first-order valence-electron chi connectivity index (χ1n) is 8.74. The molecule has 3 rings (SSSR count). The van der Waals surface area contributed by atoms with Crippen molar-refractivity contribution in [2.24, 2.45) is 5.10 Å². The number of rotatable bonds is 6. The minimum absolute atomic E-state index is 0.134. The molecule has 0 atom stereocenters. The third-order valence-corrected chi connectivity index (χ3v) is 4.59. The molecule has 0 aromatic heterocycles. The van der Waals surface area contributed by atoms with Crippen molar-refractivity contribution < 1.29 is 14.3 Å². The van der Waals surface area contributed by atoms with Crippen LogP contribution in [0.25, 0.3) is 6.08 Å². The van der Waals surface area contributed by atoms with Gasteiger partial charge in [0, 0.05) is 0 Å². The van der Waals surface area contributed by atoms with Crippen molar-refractivity contribution in [3.63, 3.8) is 0 Å². The maximum absolute atomic E-state index is 12.9. The van der Waals surface area contributed by atoms with Gasteiger partial charge in [-0.3, -0.25) is 4.79 Å². The quantitative estimate of drug-likeness (QED) is 0.486. The fraction of sp³-hybridized carbons (Fsp3) is 0.182. The molecule has 0 radical (unpaired) electrons. The highest BCUT2D eigenvalue weighted by atomic mass is 79.9. The third kappa shape index (κ3) is 4.10. The molecule has 0 saturated carbocycles. The van der Waals surface area contributed by atoms with E-state index in [1.165, 1.54) is 5.01 Å². The lowest BCUT2D eigenvalue weighted by Gasteiger charge is -2.14. The van der Waals surface area contributed by atoms with Gasteiger partial charge < -0.3 is 9.47 Å². The second-order valence-electron chi connectivity index (χ2n) is 5.95. The first kappa shape index (κ1) is 19.7. The van der Waals surface area contributed by atoms with Gasteiger partial charge in [0.2, 0.25) is 0 Å². The first-order chi connectivity index (χ1) is 13.5. The largest absolute Gasteiger partial charge is 0.490 e. The van der Waals surface area contributed by atoms with Gasteiger partial charge in [-0.2, -0.15) is 10.1 Å². The molecular formula is C22H19BrN2O3. The summed E-state index contributed by atoms with van der Waals surface area (Å²) in [4.78, 5) is 12.9. The van der Waals surface area contributed by atoms with Crippen molar-refractivity contribution >= 4 is 39.3 Å². The molecule has 142 valence electrons. The Balaban J connectivity index is 1.96. The number of hydrogen-bond acceptors (Lipinski definition) is 4. The zero-order valence-electron chi connectivity index (χ0n) is 15.6. The molecule has 0 aliphatic carbocycles. The normalized spacial score (nSPS) is 14.8. The Labute approximate surface area is 172 Å². The lowest BCUT2D eigenvalue weighted by molar-refractivity contribution is -0.114. The summed E-state index contributed by atoms with van der Waals surface area (Å²) in [6.07, 6.45) is 7.08. The van der Waals surface area contributed by atoms with Gasteiger partial charge in [0.15, 0.2) is 11.5 Å². The van der Waals surface area contributed by atoms with Gasteiger partial charge in [-0.1, -0.05) is 24.1 Å². The number of hydrazone groups is 1. The van der Waals surface area contributed by atoms with Crippen molar-refractivity contribution in [2.75, 3.05) is 18.2 Å². The molecule has 0 unspecified atom stereocenters. The number of amides is 1. The number of nitrogens with zero attached hydrogens (tertiary/aromatic N) is 2. The molecule has 28 heavy (non-hydrogen) atoms. The Kier molecular flexibility index (Phi) is 6.17. The smallest absolute Gasteiger partial charge is 0.280 e. The van der Waals surface area contributed by atoms with Gasteiger partial charge >= 0.3 is 0 Å². The number of carbonyl (C=O) groups excluding carboxylic acids is 1. The summed E-state index contributed by atoms with van der Waals surface area (Å²) in [5.41, 5.74) is 2.69. The molecule has 2 aromatic rings. The van der Waals surface area contributed by atoms with E-state index in [0.29, 0.717) is 33.9 Å². The number of benzene rings is 2. The van der Waals surface area contributed by atoms with Crippen LogP contribution in [0.4, 0.5) is 5.69 Å². The van der Waals surface area contributed by atoms with Crippen LogP contribution in [0.15, 0.2) is 57.6 Å². The predicted octanol–water partition coefficient (Wildman–Crippen LogP) is 4.67. The van der Waals surface area contributed by atoms with Crippen molar-refractivity contribution in [1.29, 1.82) is 0 Å². The molecule has 2 aromatic carbocycles. The highest BCUT2D eigenvalue weighted by Gasteiger charge is 2.28. The molecule has 5 nitrogen and oxygen atoms in total. The van der Waals surface area contributed by atoms with Crippen LogP contribution in [0.5, 0.6) is 11.5 Å². The molecule has 0 saturated heterocycles. The number of anilines is 1. The summed E-state index contributed by atoms with van der Waals surface area (Å²) in [6, 6.07) is 13.0. The van der Waals surface area contributed by atoms with E-state index in [9.17, 15) is 4.79 Å². The van der Waals surface area contributed by atoms with E-state index in [-0.39, 0.29) is 12.5 Å². The van der Waals surface area contributed by atoms with E-state index in [1.807, 2.05) is 56.3 Å². The van der Waals surface area contributed by atoms with Gasteiger partial charge in [-0.25, -0.2) is 0 Å². The van der Waals surface area contributed by atoms with E-state index in [2.05, 4.69) is 27.0 Å². The van der Waals surface area contributed by atoms with E-state index >= 15 is 0 Å². The molecule has 0 fully saturated rings. The van der Waals surface area contributed by atoms with Crippen LogP contribution in [0.2, 0.25) is 0 Å². The Morgan fingerprint density at radius 2 is 2.00 bits per heavy atom. The van der Waals surface area contributed by atoms with Crippen LogP contribution in [-0.2, 0) is 4.79 Å². The number of terminal acetylenes is 1. The van der Waals surface area contributed by atoms with Gasteiger partial charge in [0.25, 0.3) is 5.91 Å². The number of para-hydroxylation sites is 1. The fourth-order valence-electron chi connectivity index (χ4n) is 2.78. The summed E-state index contributed by atoms with van der Waals surface area (Å²) in [6.45, 7) is 4.31. The van der Waals surface area contributed by atoms with Crippen LogP contribution in [0.3, 0.4) is 0 Å². The molecule has 1 amide bonds. The summed E-state index contributed by atoms with van der Waals surface area (Å²) in [7, 11) is 0.